The average molecular weight is 258 g/mol. The van der Waals surface area contributed by atoms with E-state index in [-0.39, 0.29) is 11.9 Å². The van der Waals surface area contributed by atoms with Crippen LogP contribution in [0, 0.1) is 5.92 Å². The molecule has 0 radical (unpaired) electrons. The van der Waals surface area contributed by atoms with Crippen molar-refractivity contribution < 1.29 is 14.3 Å². The monoisotopic (exact) mass is 258 g/mol. The molecule has 0 saturated carbocycles. The molecule has 0 saturated heterocycles. The van der Waals surface area contributed by atoms with E-state index in [1.807, 2.05) is 45.0 Å². The maximum Gasteiger partial charge on any atom is 0.313 e. The summed E-state index contributed by atoms with van der Waals surface area (Å²) in [6.45, 7) is 5.52. The summed E-state index contributed by atoms with van der Waals surface area (Å²) in [5, 5.41) is 0. The molecular formula is C16H18O3. The SMILES string of the molecule is CC(C)(C)OC(=O)C1C=C(C=O)c2ccccc2C1. The number of carbonyl (C=O) groups excluding carboxylic acids is 2. The number of ether oxygens (including phenoxy) is 1. The normalized spacial score (nSPS) is 18.3. The van der Waals surface area contributed by atoms with E-state index < -0.39 is 5.60 Å². The van der Waals surface area contributed by atoms with Gasteiger partial charge in [-0.05, 0) is 38.3 Å². The van der Waals surface area contributed by atoms with E-state index in [2.05, 4.69) is 0 Å². The van der Waals surface area contributed by atoms with Crippen LogP contribution < -0.4 is 0 Å². The van der Waals surface area contributed by atoms with E-state index in [0.717, 1.165) is 17.4 Å². The molecule has 1 aromatic carbocycles. The van der Waals surface area contributed by atoms with Gasteiger partial charge in [-0.1, -0.05) is 30.3 Å². The zero-order chi connectivity index (χ0) is 14.0. The maximum absolute atomic E-state index is 12.1. The molecule has 1 atom stereocenters. The summed E-state index contributed by atoms with van der Waals surface area (Å²) >= 11 is 0. The van der Waals surface area contributed by atoms with E-state index in [9.17, 15) is 9.59 Å². The number of aldehydes is 1. The third kappa shape index (κ3) is 3.11. The topological polar surface area (TPSA) is 43.4 Å². The van der Waals surface area contributed by atoms with Gasteiger partial charge in [0.05, 0.1) is 5.92 Å². The van der Waals surface area contributed by atoms with E-state index >= 15 is 0 Å². The fourth-order valence-corrected chi connectivity index (χ4v) is 2.21. The summed E-state index contributed by atoms with van der Waals surface area (Å²) in [6.07, 6.45) is 3.10. The number of esters is 1. The molecule has 0 fully saturated rings. The van der Waals surface area contributed by atoms with Gasteiger partial charge in [-0.25, -0.2) is 0 Å². The van der Waals surface area contributed by atoms with Crippen LogP contribution in [-0.2, 0) is 20.7 Å². The van der Waals surface area contributed by atoms with Crippen LogP contribution in [0.4, 0.5) is 0 Å². The van der Waals surface area contributed by atoms with Gasteiger partial charge in [0.1, 0.15) is 11.9 Å². The number of carbonyl (C=O) groups is 2. The average Bonchev–Trinajstić information content (AvgIpc) is 2.35. The molecule has 100 valence electrons. The first-order valence-corrected chi connectivity index (χ1v) is 6.39. The first-order chi connectivity index (χ1) is 8.90. The van der Waals surface area contributed by atoms with Crippen molar-refractivity contribution in [2.45, 2.75) is 32.8 Å². The number of allylic oxidation sites excluding steroid dienone is 1. The first-order valence-electron chi connectivity index (χ1n) is 6.39. The van der Waals surface area contributed by atoms with Crippen LogP contribution in [-0.4, -0.2) is 17.9 Å². The molecule has 0 bridgehead atoms. The Balaban J connectivity index is 2.28. The van der Waals surface area contributed by atoms with Gasteiger partial charge >= 0.3 is 5.97 Å². The van der Waals surface area contributed by atoms with Crippen LogP contribution in [0.3, 0.4) is 0 Å². The predicted molar refractivity (Wildman–Crippen MR) is 73.5 cm³/mol. The minimum Gasteiger partial charge on any atom is -0.460 e. The molecule has 0 spiro atoms. The van der Waals surface area contributed by atoms with E-state index in [1.54, 1.807) is 6.08 Å². The molecule has 0 heterocycles. The van der Waals surface area contributed by atoms with Gasteiger partial charge in [-0.2, -0.15) is 0 Å². The Bertz CT molecular complexity index is 535. The zero-order valence-corrected chi connectivity index (χ0v) is 11.5. The number of fused-ring (bicyclic) bond motifs is 1. The zero-order valence-electron chi connectivity index (χ0n) is 11.5. The van der Waals surface area contributed by atoms with Gasteiger partial charge in [-0.3, -0.25) is 9.59 Å². The second kappa shape index (κ2) is 5.00. The van der Waals surface area contributed by atoms with E-state index in [1.165, 1.54) is 0 Å². The lowest BCUT2D eigenvalue weighted by Crippen LogP contribution is -2.30. The van der Waals surface area contributed by atoms with Gasteiger partial charge in [0.2, 0.25) is 0 Å². The smallest absolute Gasteiger partial charge is 0.313 e. The minimum atomic E-state index is -0.511. The van der Waals surface area contributed by atoms with Crippen molar-refractivity contribution in [3.8, 4) is 0 Å². The lowest BCUT2D eigenvalue weighted by atomic mass is 9.85. The van der Waals surface area contributed by atoms with E-state index in [4.69, 9.17) is 4.74 Å². The van der Waals surface area contributed by atoms with Gasteiger partial charge in [0.15, 0.2) is 0 Å². The molecule has 1 unspecified atom stereocenters. The van der Waals surface area contributed by atoms with Crippen molar-refractivity contribution >= 4 is 17.8 Å². The second-order valence-corrected chi connectivity index (χ2v) is 5.74. The Labute approximate surface area is 113 Å². The highest BCUT2D eigenvalue weighted by molar-refractivity contribution is 6.09. The molecule has 1 aliphatic rings. The Morgan fingerprint density at radius 1 is 1.32 bits per heavy atom. The third-order valence-electron chi connectivity index (χ3n) is 2.99. The Hall–Kier alpha value is -1.90. The van der Waals surface area contributed by atoms with Gasteiger partial charge in [-0.15, -0.1) is 0 Å². The predicted octanol–water partition coefficient (Wildman–Crippen LogP) is 2.78. The lowest BCUT2D eigenvalue weighted by Gasteiger charge is -2.25. The highest BCUT2D eigenvalue weighted by atomic mass is 16.6. The van der Waals surface area contributed by atoms with Crippen LogP contribution in [0.1, 0.15) is 31.9 Å². The third-order valence-corrected chi connectivity index (χ3v) is 2.99. The molecule has 0 aliphatic heterocycles. The van der Waals surface area contributed by atoms with Gasteiger partial charge in [0, 0.05) is 5.57 Å². The van der Waals surface area contributed by atoms with Gasteiger partial charge < -0.3 is 4.74 Å². The standard InChI is InChI=1S/C16H18O3/c1-16(2,3)19-15(18)12-8-11-6-4-5-7-14(11)13(9-12)10-17/h4-7,9-10,12H,8H2,1-3H3. The lowest BCUT2D eigenvalue weighted by molar-refractivity contribution is -0.158. The Kier molecular flexibility index (Phi) is 3.56. The summed E-state index contributed by atoms with van der Waals surface area (Å²) in [5.74, 6) is -0.657. The van der Waals surface area contributed by atoms with Crippen molar-refractivity contribution in [2.75, 3.05) is 0 Å². The van der Waals surface area contributed by atoms with E-state index in [0.29, 0.717) is 12.0 Å². The fraction of sp³-hybridized carbons (Fsp3) is 0.375. The van der Waals surface area contributed by atoms with Crippen LogP contribution >= 0.6 is 0 Å². The summed E-state index contributed by atoms with van der Waals surface area (Å²) in [5.41, 5.74) is 1.99. The van der Waals surface area contributed by atoms with Crippen LogP contribution in [0.5, 0.6) is 0 Å². The van der Waals surface area contributed by atoms with Crippen LogP contribution in [0.25, 0.3) is 5.57 Å². The summed E-state index contributed by atoms with van der Waals surface area (Å²) in [7, 11) is 0. The highest BCUT2D eigenvalue weighted by Gasteiger charge is 2.28. The number of rotatable bonds is 2. The molecule has 3 heteroatoms. The molecule has 0 amide bonds. The summed E-state index contributed by atoms with van der Waals surface area (Å²) in [4.78, 5) is 23.3. The van der Waals surface area contributed by atoms with Crippen LogP contribution in [0.15, 0.2) is 30.3 Å². The van der Waals surface area contributed by atoms with Crippen molar-refractivity contribution in [3.63, 3.8) is 0 Å². The molecule has 0 aromatic heterocycles. The van der Waals surface area contributed by atoms with Crippen LogP contribution in [0.2, 0.25) is 0 Å². The summed E-state index contributed by atoms with van der Waals surface area (Å²) in [6, 6.07) is 7.66. The molecule has 2 rings (SSSR count). The molecule has 1 aliphatic carbocycles. The fourth-order valence-electron chi connectivity index (χ4n) is 2.21. The quantitative estimate of drug-likeness (QED) is 0.605. The molecule has 1 aromatic rings. The second-order valence-electron chi connectivity index (χ2n) is 5.74. The minimum absolute atomic E-state index is 0.277. The van der Waals surface area contributed by atoms with Crippen molar-refractivity contribution in [1.82, 2.24) is 0 Å². The maximum atomic E-state index is 12.1. The van der Waals surface area contributed by atoms with Crippen molar-refractivity contribution in [2.24, 2.45) is 5.92 Å². The number of benzene rings is 1. The molecule has 3 nitrogen and oxygen atoms in total. The first kappa shape index (κ1) is 13.5. The molecule has 0 N–H and O–H groups in total. The molecule has 19 heavy (non-hydrogen) atoms. The Morgan fingerprint density at radius 3 is 2.63 bits per heavy atom. The number of hydrogen-bond acceptors (Lipinski definition) is 3. The Morgan fingerprint density at radius 2 is 2.00 bits per heavy atom. The highest BCUT2D eigenvalue weighted by Crippen LogP contribution is 2.29. The summed E-state index contributed by atoms with van der Waals surface area (Å²) < 4.78 is 5.39. The van der Waals surface area contributed by atoms with Gasteiger partial charge in [0.25, 0.3) is 0 Å². The van der Waals surface area contributed by atoms with Crippen molar-refractivity contribution in [1.29, 1.82) is 0 Å². The number of hydrogen-bond donors (Lipinski definition) is 0. The molecular weight excluding hydrogens is 240 g/mol. The largest absolute Gasteiger partial charge is 0.460 e. The van der Waals surface area contributed by atoms with Crippen molar-refractivity contribution in [3.05, 3.63) is 41.5 Å².